The number of nitrogens with zero attached hydrogens (tertiary/aromatic N) is 1. The van der Waals surface area contributed by atoms with Crippen molar-refractivity contribution in [2.75, 3.05) is 0 Å². The highest BCUT2D eigenvalue weighted by molar-refractivity contribution is 7.89. The molecule has 0 aliphatic carbocycles. The third-order valence-electron chi connectivity index (χ3n) is 5.14. The van der Waals surface area contributed by atoms with Crippen LogP contribution in [0.4, 0.5) is 0 Å². The van der Waals surface area contributed by atoms with Crippen molar-refractivity contribution >= 4 is 15.9 Å². The van der Waals surface area contributed by atoms with Crippen LogP contribution < -0.4 is 10.5 Å². The summed E-state index contributed by atoms with van der Waals surface area (Å²) in [7, 11) is -3.81. The van der Waals surface area contributed by atoms with Gasteiger partial charge in [0.25, 0.3) is 0 Å². The van der Waals surface area contributed by atoms with Crippen LogP contribution in [0.2, 0.25) is 0 Å². The second-order valence-corrected chi connectivity index (χ2v) is 8.90. The minimum Gasteiger partial charge on any atom is -0.351 e. The number of amides is 1. The van der Waals surface area contributed by atoms with Crippen molar-refractivity contribution in [1.29, 1.82) is 0 Å². The van der Waals surface area contributed by atoms with Crippen LogP contribution in [0.1, 0.15) is 22.7 Å². The van der Waals surface area contributed by atoms with Crippen molar-refractivity contribution < 1.29 is 13.2 Å². The summed E-state index contributed by atoms with van der Waals surface area (Å²) in [6.07, 6.45) is 1.57. The number of carbonyl (C=O) groups excluding carboxylic acids is 1. The summed E-state index contributed by atoms with van der Waals surface area (Å²) in [5.41, 5.74) is 4.36. The highest BCUT2D eigenvalue weighted by Crippen LogP contribution is 2.25. The van der Waals surface area contributed by atoms with Crippen molar-refractivity contribution in [3.05, 3.63) is 108 Å². The maximum absolute atomic E-state index is 13.2. The van der Waals surface area contributed by atoms with Gasteiger partial charge in [-0.2, -0.15) is 5.10 Å². The highest BCUT2D eigenvalue weighted by Gasteiger charge is 2.24. The van der Waals surface area contributed by atoms with Gasteiger partial charge in [-0.1, -0.05) is 60.7 Å². The molecular formula is C24H22N4O3S. The molecule has 1 aromatic heterocycles. The van der Waals surface area contributed by atoms with Crippen LogP contribution in [0, 0.1) is 0 Å². The molecule has 0 saturated heterocycles. The second kappa shape index (κ2) is 9.17. The Morgan fingerprint density at radius 2 is 1.66 bits per heavy atom. The van der Waals surface area contributed by atoms with Crippen LogP contribution in [0.5, 0.6) is 0 Å². The first-order valence-corrected chi connectivity index (χ1v) is 11.5. The smallest absolute Gasteiger partial charge is 0.238 e. The molecule has 0 fully saturated rings. The maximum Gasteiger partial charge on any atom is 0.238 e. The number of aromatic nitrogens is 2. The lowest BCUT2D eigenvalue weighted by atomic mass is 9.94. The zero-order chi connectivity index (χ0) is 22.6. The van der Waals surface area contributed by atoms with Crippen molar-refractivity contribution in [2.24, 2.45) is 5.14 Å². The number of hydrogen-bond acceptors (Lipinski definition) is 4. The van der Waals surface area contributed by atoms with E-state index < -0.39 is 15.9 Å². The molecule has 4 rings (SSSR count). The summed E-state index contributed by atoms with van der Waals surface area (Å²) in [6.45, 7) is 0.347. The summed E-state index contributed by atoms with van der Waals surface area (Å²) >= 11 is 0. The Morgan fingerprint density at radius 1 is 0.938 bits per heavy atom. The largest absolute Gasteiger partial charge is 0.351 e. The molecule has 7 nitrogen and oxygen atoms in total. The highest BCUT2D eigenvalue weighted by atomic mass is 32.2. The molecule has 0 aliphatic heterocycles. The molecule has 1 amide bonds. The van der Waals surface area contributed by atoms with Crippen LogP contribution in [0.3, 0.4) is 0 Å². The second-order valence-electron chi connectivity index (χ2n) is 7.34. The number of sulfonamides is 1. The molecule has 3 aromatic carbocycles. The Morgan fingerprint density at radius 3 is 2.31 bits per heavy atom. The van der Waals surface area contributed by atoms with Gasteiger partial charge in [-0.3, -0.25) is 9.89 Å². The zero-order valence-electron chi connectivity index (χ0n) is 17.1. The van der Waals surface area contributed by atoms with Crippen molar-refractivity contribution in [1.82, 2.24) is 15.5 Å². The van der Waals surface area contributed by atoms with Gasteiger partial charge in [0.1, 0.15) is 5.92 Å². The van der Waals surface area contributed by atoms with Crippen molar-refractivity contribution in [2.45, 2.75) is 17.4 Å². The van der Waals surface area contributed by atoms with E-state index in [1.807, 2.05) is 54.6 Å². The minimum atomic E-state index is -3.81. The Hall–Kier alpha value is -3.75. The molecule has 1 unspecified atom stereocenters. The van der Waals surface area contributed by atoms with Crippen LogP contribution in [0.15, 0.2) is 96.0 Å². The van der Waals surface area contributed by atoms with E-state index in [2.05, 4.69) is 15.5 Å². The van der Waals surface area contributed by atoms with Gasteiger partial charge >= 0.3 is 0 Å². The van der Waals surface area contributed by atoms with E-state index in [1.165, 1.54) is 12.1 Å². The Labute approximate surface area is 186 Å². The van der Waals surface area contributed by atoms with E-state index in [-0.39, 0.29) is 10.8 Å². The SMILES string of the molecule is NS(=O)(=O)c1ccc(C(C(=O)NCc2cccc(-c3ccccc3)c2)c2ccn[nH]2)cc1. The first kappa shape index (κ1) is 21.5. The molecule has 1 atom stereocenters. The first-order valence-electron chi connectivity index (χ1n) is 9.96. The lowest BCUT2D eigenvalue weighted by Gasteiger charge is -2.17. The predicted molar refractivity (Wildman–Crippen MR) is 122 cm³/mol. The Balaban J connectivity index is 1.54. The number of rotatable bonds is 7. The molecule has 0 bridgehead atoms. The maximum atomic E-state index is 13.2. The van der Waals surface area contributed by atoms with E-state index in [0.717, 1.165) is 16.7 Å². The average Bonchev–Trinajstić information content (AvgIpc) is 3.33. The molecule has 0 radical (unpaired) electrons. The Kier molecular flexibility index (Phi) is 6.16. The fraction of sp³-hybridized carbons (Fsp3) is 0.0833. The van der Waals surface area contributed by atoms with Gasteiger partial charge in [0.15, 0.2) is 0 Å². The third kappa shape index (κ3) is 4.93. The minimum absolute atomic E-state index is 0.0113. The quantitative estimate of drug-likeness (QED) is 0.404. The van der Waals surface area contributed by atoms with Crippen molar-refractivity contribution in [3.63, 3.8) is 0 Å². The normalized spacial score (nSPS) is 12.3. The molecule has 0 spiro atoms. The number of primary sulfonamides is 1. The van der Waals surface area contributed by atoms with E-state index >= 15 is 0 Å². The zero-order valence-corrected chi connectivity index (χ0v) is 17.9. The van der Waals surface area contributed by atoms with Crippen LogP contribution in [-0.4, -0.2) is 24.5 Å². The fourth-order valence-electron chi connectivity index (χ4n) is 3.53. The summed E-state index contributed by atoms with van der Waals surface area (Å²) in [6, 6.07) is 25.7. The number of nitrogens with two attached hydrogens (primary N) is 1. The van der Waals surface area contributed by atoms with E-state index in [4.69, 9.17) is 5.14 Å². The lowest BCUT2D eigenvalue weighted by molar-refractivity contribution is -0.121. The third-order valence-corrected chi connectivity index (χ3v) is 6.07. The molecule has 0 aliphatic rings. The van der Waals surface area contributed by atoms with Gasteiger partial charge in [-0.15, -0.1) is 0 Å². The number of carbonyl (C=O) groups is 1. The summed E-state index contributed by atoms with van der Waals surface area (Å²) in [4.78, 5) is 13.1. The molecule has 4 aromatic rings. The fourth-order valence-corrected chi connectivity index (χ4v) is 4.05. The van der Waals surface area contributed by atoms with Crippen molar-refractivity contribution in [3.8, 4) is 11.1 Å². The van der Waals surface area contributed by atoms with Crippen LogP contribution in [0.25, 0.3) is 11.1 Å². The number of benzene rings is 3. The lowest BCUT2D eigenvalue weighted by Crippen LogP contribution is -2.30. The monoisotopic (exact) mass is 446 g/mol. The average molecular weight is 447 g/mol. The van der Waals surface area contributed by atoms with E-state index in [9.17, 15) is 13.2 Å². The van der Waals surface area contributed by atoms with Gasteiger partial charge < -0.3 is 5.32 Å². The first-order chi connectivity index (χ1) is 15.4. The number of H-pyrrole nitrogens is 1. The van der Waals surface area contributed by atoms with Crippen LogP contribution >= 0.6 is 0 Å². The number of nitrogens with one attached hydrogen (secondary N) is 2. The van der Waals surface area contributed by atoms with E-state index in [0.29, 0.717) is 17.8 Å². The number of aromatic amines is 1. The molecular weight excluding hydrogens is 424 g/mol. The summed E-state index contributed by atoms with van der Waals surface area (Å²) in [5.74, 6) is -0.910. The summed E-state index contributed by atoms with van der Waals surface area (Å²) < 4.78 is 23.1. The molecule has 4 N–H and O–H groups in total. The van der Waals surface area contributed by atoms with Gasteiger partial charge in [-0.05, 0) is 46.5 Å². The molecule has 1 heterocycles. The standard InChI is InChI=1S/C24H22N4O3S/c25-32(30,31)21-11-9-19(10-12-21)23(22-13-14-27-28-22)24(29)26-16-17-5-4-8-20(15-17)18-6-2-1-3-7-18/h1-15,23H,16H2,(H,26,29)(H,27,28)(H2,25,30,31). The van der Waals surface area contributed by atoms with Gasteiger partial charge in [0.05, 0.1) is 10.6 Å². The van der Waals surface area contributed by atoms with Gasteiger partial charge in [0.2, 0.25) is 15.9 Å². The summed E-state index contributed by atoms with van der Waals surface area (Å²) in [5, 5.41) is 14.9. The topological polar surface area (TPSA) is 118 Å². The van der Waals surface area contributed by atoms with E-state index in [1.54, 1.807) is 24.4 Å². The van der Waals surface area contributed by atoms with Gasteiger partial charge in [-0.25, -0.2) is 13.6 Å². The van der Waals surface area contributed by atoms with Crippen LogP contribution in [-0.2, 0) is 21.4 Å². The molecule has 162 valence electrons. The molecule has 32 heavy (non-hydrogen) atoms. The molecule has 0 saturated carbocycles. The Bertz CT molecular complexity index is 1300. The molecule has 8 heteroatoms. The predicted octanol–water partition coefficient (Wildman–Crippen LogP) is 3.17. The number of hydrogen-bond donors (Lipinski definition) is 3. The van der Waals surface area contributed by atoms with Gasteiger partial charge in [0, 0.05) is 12.7 Å².